The highest BCUT2D eigenvalue weighted by Crippen LogP contribution is 2.26. The number of rotatable bonds is 4. The zero-order valence-corrected chi connectivity index (χ0v) is 15.0. The molecule has 1 atom stereocenters. The summed E-state index contributed by atoms with van der Waals surface area (Å²) in [7, 11) is 1.57. The molecule has 0 bridgehead atoms. The normalized spacial score (nSPS) is 16.3. The topological polar surface area (TPSA) is 55.8 Å². The minimum absolute atomic E-state index is 0.235. The van der Waals surface area contributed by atoms with Gasteiger partial charge in [-0.25, -0.2) is 4.79 Å². The minimum Gasteiger partial charge on any atom is -0.497 e. The van der Waals surface area contributed by atoms with Crippen molar-refractivity contribution in [3.05, 3.63) is 69.8 Å². The monoisotopic (exact) mass is 435 g/mol. The molecule has 0 radical (unpaired) electrons. The molecule has 0 saturated heterocycles. The number of hydrogen-bond acceptors (Lipinski definition) is 4. The second-order valence-corrected chi connectivity index (χ2v) is 6.20. The molecule has 2 aromatic carbocycles. The highest BCUT2D eigenvalue weighted by atomic mass is 127. The van der Waals surface area contributed by atoms with E-state index in [0.717, 1.165) is 3.57 Å². The fourth-order valence-electron chi connectivity index (χ4n) is 2.37. The molecule has 3 rings (SSSR count). The van der Waals surface area contributed by atoms with E-state index in [1.54, 1.807) is 49.6 Å². The van der Waals surface area contributed by atoms with Gasteiger partial charge in [0.25, 0.3) is 5.91 Å². The predicted octanol–water partition coefficient (Wildman–Crippen LogP) is 3.39. The molecule has 0 spiro atoms. The zero-order valence-electron chi connectivity index (χ0n) is 12.8. The van der Waals surface area contributed by atoms with Gasteiger partial charge in [-0.1, -0.05) is 12.1 Å². The lowest BCUT2D eigenvalue weighted by molar-refractivity contribution is -0.114. The number of halogens is 1. The van der Waals surface area contributed by atoms with Gasteiger partial charge in [0, 0.05) is 15.3 Å². The van der Waals surface area contributed by atoms with Crippen molar-refractivity contribution in [3.8, 4) is 5.75 Å². The molecule has 2 aromatic rings. The van der Waals surface area contributed by atoms with Crippen molar-refractivity contribution in [2.45, 2.75) is 6.23 Å². The van der Waals surface area contributed by atoms with Crippen LogP contribution in [0.1, 0.15) is 10.4 Å². The molecule has 1 aliphatic heterocycles. The molecule has 0 aliphatic carbocycles. The summed E-state index contributed by atoms with van der Waals surface area (Å²) >= 11 is 2.08. The predicted molar refractivity (Wildman–Crippen MR) is 98.0 cm³/mol. The summed E-state index contributed by atoms with van der Waals surface area (Å²) in [5, 5.41) is 0. The van der Waals surface area contributed by atoms with E-state index in [0.29, 0.717) is 17.0 Å². The van der Waals surface area contributed by atoms with Gasteiger partial charge in [0.15, 0.2) is 0 Å². The smallest absolute Gasteiger partial charge is 0.341 e. The molecule has 0 fully saturated rings. The van der Waals surface area contributed by atoms with Crippen molar-refractivity contribution in [2.75, 3.05) is 12.0 Å². The second kappa shape index (κ2) is 7.04. The lowest BCUT2D eigenvalue weighted by Crippen LogP contribution is -2.37. The third-order valence-electron chi connectivity index (χ3n) is 3.57. The largest absolute Gasteiger partial charge is 0.497 e. The van der Waals surface area contributed by atoms with E-state index < -0.39 is 12.2 Å². The first-order chi connectivity index (χ1) is 11.6. The Morgan fingerprint density at radius 1 is 1.12 bits per heavy atom. The van der Waals surface area contributed by atoms with Crippen molar-refractivity contribution < 1.29 is 19.1 Å². The van der Waals surface area contributed by atoms with Crippen LogP contribution < -0.4 is 9.64 Å². The van der Waals surface area contributed by atoms with Crippen LogP contribution in [-0.4, -0.2) is 25.2 Å². The van der Waals surface area contributed by atoms with E-state index in [9.17, 15) is 9.59 Å². The second-order valence-electron chi connectivity index (χ2n) is 5.04. The molecule has 122 valence electrons. The average Bonchev–Trinajstić information content (AvgIpc) is 2.95. The molecular formula is C18H14INO4. The summed E-state index contributed by atoms with van der Waals surface area (Å²) in [6.45, 7) is 0. The van der Waals surface area contributed by atoms with Crippen molar-refractivity contribution >= 4 is 40.2 Å². The fraction of sp³-hybridized carbons (Fsp3) is 0.111. The van der Waals surface area contributed by atoms with Crippen LogP contribution >= 0.6 is 22.6 Å². The number of esters is 1. The molecular weight excluding hydrogens is 421 g/mol. The fourth-order valence-corrected chi connectivity index (χ4v) is 2.97. The number of amides is 1. The summed E-state index contributed by atoms with van der Waals surface area (Å²) in [6, 6.07) is 14.1. The molecule has 0 aromatic heterocycles. The maximum Gasteiger partial charge on any atom is 0.341 e. The van der Waals surface area contributed by atoms with Crippen LogP contribution in [0.2, 0.25) is 0 Å². The first-order valence-electron chi connectivity index (χ1n) is 7.21. The molecule has 0 saturated carbocycles. The number of nitrogens with zero attached hydrogens (tertiary/aromatic N) is 1. The molecule has 1 unspecified atom stereocenters. The molecule has 0 N–H and O–H groups in total. The Hall–Kier alpha value is -2.35. The van der Waals surface area contributed by atoms with Crippen LogP contribution in [0.15, 0.2) is 60.7 Å². The Kier molecular flexibility index (Phi) is 4.84. The zero-order chi connectivity index (χ0) is 17.1. The lowest BCUT2D eigenvalue weighted by atomic mass is 10.2. The van der Waals surface area contributed by atoms with Gasteiger partial charge in [0.1, 0.15) is 5.75 Å². The standard InChI is InChI=1S/C18H14INO4/c1-23-13-8-6-12(7-9-13)20-16(21)10-11-17(20)24-18(22)14-4-2-3-5-15(14)19/h2-11,17H,1H3. The third kappa shape index (κ3) is 3.28. The summed E-state index contributed by atoms with van der Waals surface area (Å²) < 4.78 is 11.4. The maximum absolute atomic E-state index is 12.4. The van der Waals surface area contributed by atoms with Gasteiger partial charge in [-0.3, -0.25) is 9.69 Å². The van der Waals surface area contributed by atoms with Gasteiger partial charge in [-0.2, -0.15) is 0 Å². The third-order valence-corrected chi connectivity index (χ3v) is 4.51. The molecule has 1 heterocycles. The molecule has 6 heteroatoms. The van der Waals surface area contributed by atoms with Crippen LogP contribution in [0.3, 0.4) is 0 Å². The van der Waals surface area contributed by atoms with E-state index in [-0.39, 0.29) is 5.91 Å². The number of carbonyl (C=O) groups excluding carboxylic acids is 2. The molecule has 5 nitrogen and oxygen atoms in total. The molecule has 24 heavy (non-hydrogen) atoms. The van der Waals surface area contributed by atoms with Crippen molar-refractivity contribution in [1.29, 1.82) is 0 Å². The van der Waals surface area contributed by atoms with E-state index in [1.807, 2.05) is 12.1 Å². The lowest BCUT2D eigenvalue weighted by Gasteiger charge is -2.24. The van der Waals surface area contributed by atoms with Gasteiger partial charge >= 0.3 is 5.97 Å². The van der Waals surface area contributed by atoms with Crippen LogP contribution in [0.4, 0.5) is 5.69 Å². The van der Waals surface area contributed by atoms with E-state index in [2.05, 4.69) is 22.6 Å². The van der Waals surface area contributed by atoms with E-state index in [4.69, 9.17) is 9.47 Å². The minimum atomic E-state index is -0.769. The SMILES string of the molecule is COc1ccc(N2C(=O)C=CC2OC(=O)c2ccccc2I)cc1. The summed E-state index contributed by atoms with van der Waals surface area (Å²) in [6.07, 6.45) is 2.20. The first kappa shape index (κ1) is 16.5. The highest BCUT2D eigenvalue weighted by molar-refractivity contribution is 14.1. The number of ether oxygens (including phenoxy) is 2. The summed E-state index contributed by atoms with van der Waals surface area (Å²) in [4.78, 5) is 25.9. The van der Waals surface area contributed by atoms with Gasteiger partial charge in [-0.15, -0.1) is 0 Å². The Morgan fingerprint density at radius 2 is 1.83 bits per heavy atom. The van der Waals surface area contributed by atoms with Crippen LogP contribution in [0.5, 0.6) is 5.75 Å². The molecule has 1 amide bonds. The van der Waals surface area contributed by atoms with Crippen LogP contribution in [-0.2, 0) is 9.53 Å². The quantitative estimate of drug-likeness (QED) is 0.546. The van der Waals surface area contributed by atoms with Crippen molar-refractivity contribution in [1.82, 2.24) is 0 Å². The van der Waals surface area contributed by atoms with E-state index >= 15 is 0 Å². The average molecular weight is 435 g/mol. The van der Waals surface area contributed by atoms with Crippen molar-refractivity contribution in [3.63, 3.8) is 0 Å². The summed E-state index contributed by atoms with van der Waals surface area (Å²) in [5.41, 5.74) is 1.10. The number of methoxy groups -OCH3 is 1. The Bertz CT molecular complexity index is 801. The highest BCUT2D eigenvalue weighted by Gasteiger charge is 2.31. The van der Waals surface area contributed by atoms with Crippen LogP contribution in [0.25, 0.3) is 0 Å². The Balaban J connectivity index is 1.81. The summed E-state index contributed by atoms with van der Waals surface area (Å²) in [5.74, 6) is -0.0191. The first-order valence-corrected chi connectivity index (χ1v) is 8.29. The number of hydrogen-bond donors (Lipinski definition) is 0. The van der Waals surface area contributed by atoms with Crippen molar-refractivity contribution in [2.24, 2.45) is 0 Å². The Labute approximate surface area is 153 Å². The van der Waals surface area contributed by atoms with Gasteiger partial charge in [0.2, 0.25) is 6.23 Å². The van der Waals surface area contributed by atoms with Gasteiger partial charge < -0.3 is 9.47 Å². The van der Waals surface area contributed by atoms with Gasteiger partial charge in [0.05, 0.1) is 12.7 Å². The maximum atomic E-state index is 12.4. The van der Waals surface area contributed by atoms with Crippen LogP contribution in [0, 0.1) is 3.57 Å². The number of carbonyl (C=O) groups is 2. The van der Waals surface area contributed by atoms with Gasteiger partial charge in [-0.05, 0) is 65.1 Å². The number of benzene rings is 2. The number of anilines is 1. The Morgan fingerprint density at radius 3 is 2.50 bits per heavy atom. The molecule has 1 aliphatic rings. The van der Waals surface area contributed by atoms with E-state index in [1.165, 1.54) is 11.0 Å².